The molecular formula is C15H24FN. The molecule has 1 N–H and O–H groups in total. The zero-order valence-electron chi connectivity index (χ0n) is 11.4. The molecule has 0 heterocycles. The maximum Gasteiger partial charge on any atom is 0.127 e. The van der Waals surface area contributed by atoms with Gasteiger partial charge in [0.25, 0.3) is 0 Å². The second-order valence-electron chi connectivity index (χ2n) is 4.88. The molecule has 1 aromatic carbocycles. The summed E-state index contributed by atoms with van der Waals surface area (Å²) in [6, 6.07) is 5.50. The summed E-state index contributed by atoms with van der Waals surface area (Å²) < 4.78 is 13.9. The highest BCUT2D eigenvalue weighted by Gasteiger charge is 2.17. The van der Waals surface area contributed by atoms with Crippen molar-refractivity contribution in [2.45, 2.75) is 46.6 Å². The van der Waals surface area contributed by atoms with E-state index in [9.17, 15) is 4.39 Å². The van der Waals surface area contributed by atoms with Crippen LogP contribution in [0.15, 0.2) is 18.2 Å². The second-order valence-corrected chi connectivity index (χ2v) is 4.88. The molecule has 0 saturated heterocycles. The van der Waals surface area contributed by atoms with E-state index in [1.165, 1.54) is 0 Å². The van der Waals surface area contributed by atoms with Crippen molar-refractivity contribution in [1.82, 2.24) is 5.32 Å². The van der Waals surface area contributed by atoms with Crippen molar-refractivity contribution in [1.29, 1.82) is 0 Å². The van der Waals surface area contributed by atoms with Crippen LogP contribution in [0.5, 0.6) is 0 Å². The van der Waals surface area contributed by atoms with Crippen LogP contribution < -0.4 is 5.32 Å². The van der Waals surface area contributed by atoms with Crippen molar-refractivity contribution < 1.29 is 4.39 Å². The van der Waals surface area contributed by atoms with Gasteiger partial charge >= 0.3 is 0 Å². The molecule has 17 heavy (non-hydrogen) atoms. The second kappa shape index (κ2) is 6.75. The van der Waals surface area contributed by atoms with Crippen molar-refractivity contribution in [3.63, 3.8) is 0 Å². The number of rotatable bonds is 6. The zero-order valence-corrected chi connectivity index (χ0v) is 11.4. The van der Waals surface area contributed by atoms with Gasteiger partial charge in [-0.2, -0.15) is 0 Å². The Kier molecular flexibility index (Phi) is 5.63. The molecule has 0 amide bonds. The van der Waals surface area contributed by atoms with E-state index in [0.29, 0.717) is 5.92 Å². The van der Waals surface area contributed by atoms with Gasteiger partial charge in [0.1, 0.15) is 5.82 Å². The van der Waals surface area contributed by atoms with Gasteiger partial charge in [0.15, 0.2) is 0 Å². The lowest BCUT2D eigenvalue weighted by Crippen LogP contribution is -2.24. The van der Waals surface area contributed by atoms with Crippen molar-refractivity contribution in [3.8, 4) is 0 Å². The van der Waals surface area contributed by atoms with Crippen LogP contribution in [0.3, 0.4) is 0 Å². The first kappa shape index (κ1) is 14.2. The minimum Gasteiger partial charge on any atom is -0.310 e. The molecule has 2 heteroatoms. The molecule has 0 aromatic heterocycles. The number of hydrogen-bond donors (Lipinski definition) is 1. The Morgan fingerprint density at radius 3 is 2.59 bits per heavy atom. The van der Waals surface area contributed by atoms with E-state index in [0.717, 1.165) is 30.5 Å². The lowest BCUT2D eigenvalue weighted by molar-refractivity contribution is 0.397. The first-order valence-electron chi connectivity index (χ1n) is 6.57. The normalized spacial score (nSPS) is 14.6. The summed E-state index contributed by atoms with van der Waals surface area (Å²) in [5, 5.41) is 3.39. The van der Waals surface area contributed by atoms with E-state index in [2.05, 4.69) is 26.1 Å². The van der Waals surface area contributed by atoms with Crippen LogP contribution in [0.1, 0.15) is 50.8 Å². The Bertz CT molecular complexity index is 349. The Balaban J connectivity index is 2.91. The Labute approximate surface area is 104 Å². The van der Waals surface area contributed by atoms with Gasteiger partial charge in [-0.1, -0.05) is 44.9 Å². The number of aryl methyl sites for hydroxylation is 1. The third kappa shape index (κ3) is 4.12. The molecule has 96 valence electrons. The van der Waals surface area contributed by atoms with Gasteiger partial charge in [-0.15, -0.1) is 0 Å². The highest BCUT2D eigenvalue weighted by atomic mass is 19.1. The molecule has 2 unspecified atom stereocenters. The molecule has 0 bridgehead atoms. The SMILES string of the molecule is CCNC(CC(C)CC)c1cc(C)ccc1F. The van der Waals surface area contributed by atoms with Gasteiger partial charge in [0, 0.05) is 11.6 Å². The standard InChI is InChI=1S/C15H24FN/c1-5-11(3)10-15(17-6-2)13-9-12(4)7-8-14(13)16/h7-9,11,15,17H,5-6,10H2,1-4H3. The lowest BCUT2D eigenvalue weighted by Gasteiger charge is -2.22. The fourth-order valence-electron chi connectivity index (χ4n) is 2.07. The van der Waals surface area contributed by atoms with Crippen molar-refractivity contribution in [3.05, 3.63) is 35.1 Å². The van der Waals surface area contributed by atoms with Gasteiger partial charge in [-0.25, -0.2) is 4.39 Å². The summed E-state index contributed by atoms with van der Waals surface area (Å²) in [6.07, 6.45) is 2.13. The molecule has 1 nitrogen and oxygen atoms in total. The topological polar surface area (TPSA) is 12.0 Å². The smallest absolute Gasteiger partial charge is 0.127 e. The van der Waals surface area contributed by atoms with E-state index in [4.69, 9.17) is 0 Å². The van der Waals surface area contributed by atoms with Gasteiger partial charge in [0.2, 0.25) is 0 Å². The summed E-state index contributed by atoms with van der Waals surface area (Å²) in [5.41, 5.74) is 1.93. The largest absolute Gasteiger partial charge is 0.310 e. The molecule has 1 rings (SSSR count). The van der Waals surface area contributed by atoms with Crippen LogP contribution in [-0.2, 0) is 0 Å². The first-order valence-corrected chi connectivity index (χ1v) is 6.57. The average molecular weight is 237 g/mol. The van der Waals surface area contributed by atoms with Gasteiger partial charge in [0.05, 0.1) is 0 Å². The molecular weight excluding hydrogens is 213 g/mol. The molecule has 0 radical (unpaired) electrons. The molecule has 0 aliphatic carbocycles. The minimum atomic E-state index is -0.0927. The summed E-state index contributed by atoms with van der Waals surface area (Å²) in [7, 11) is 0. The molecule has 2 atom stereocenters. The van der Waals surface area contributed by atoms with Crippen LogP contribution in [0.25, 0.3) is 0 Å². The Morgan fingerprint density at radius 1 is 1.29 bits per heavy atom. The highest BCUT2D eigenvalue weighted by Crippen LogP contribution is 2.25. The van der Waals surface area contributed by atoms with Crippen molar-refractivity contribution in [2.75, 3.05) is 6.54 Å². The monoisotopic (exact) mass is 237 g/mol. The number of benzene rings is 1. The van der Waals surface area contributed by atoms with Crippen molar-refractivity contribution in [2.24, 2.45) is 5.92 Å². The molecule has 0 saturated carbocycles. The lowest BCUT2D eigenvalue weighted by atomic mass is 9.93. The zero-order chi connectivity index (χ0) is 12.8. The van der Waals surface area contributed by atoms with Crippen molar-refractivity contribution >= 4 is 0 Å². The molecule has 0 spiro atoms. The third-order valence-electron chi connectivity index (χ3n) is 3.31. The van der Waals surface area contributed by atoms with Gasteiger partial charge in [-0.3, -0.25) is 0 Å². The maximum atomic E-state index is 13.9. The van der Waals surface area contributed by atoms with Crippen LogP contribution in [0.4, 0.5) is 4.39 Å². The number of halogens is 1. The van der Waals surface area contributed by atoms with Gasteiger partial charge < -0.3 is 5.32 Å². The quantitative estimate of drug-likeness (QED) is 0.781. The fraction of sp³-hybridized carbons (Fsp3) is 0.600. The number of hydrogen-bond acceptors (Lipinski definition) is 1. The Morgan fingerprint density at radius 2 is 2.00 bits per heavy atom. The van der Waals surface area contributed by atoms with Crippen LogP contribution in [0.2, 0.25) is 0 Å². The van der Waals surface area contributed by atoms with Crippen LogP contribution in [0, 0.1) is 18.7 Å². The highest BCUT2D eigenvalue weighted by molar-refractivity contribution is 5.27. The number of nitrogens with one attached hydrogen (secondary N) is 1. The summed E-state index contributed by atoms with van der Waals surface area (Å²) in [4.78, 5) is 0. The van der Waals surface area contributed by atoms with Crippen LogP contribution in [-0.4, -0.2) is 6.54 Å². The predicted octanol–water partition coefficient (Wildman–Crippen LogP) is 4.22. The average Bonchev–Trinajstić information content (AvgIpc) is 2.31. The summed E-state index contributed by atoms with van der Waals surface area (Å²) >= 11 is 0. The molecule has 0 aliphatic heterocycles. The maximum absolute atomic E-state index is 13.9. The van der Waals surface area contributed by atoms with Crippen LogP contribution >= 0.6 is 0 Å². The summed E-state index contributed by atoms with van der Waals surface area (Å²) in [6.45, 7) is 9.35. The Hall–Kier alpha value is -0.890. The first-order chi connectivity index (χ1) is 8.08. The van der Waals surface area contributed by atoms with E-state index in [1.807, 2.05) is 19.1 Å². The molecule has 0 fully saturated rings. The third-order valence-corrected chi connectivity index (χ3v) is 3.31. The van der Waals surface area contributed by atoms with E-state index in [1.54, 1.807) is 6.07 Å². The summed E-state index contributed by atoms with van der Waals surface area (Å²) in [5.74, 6) is 0.517. The van der Waals surface area contributed by atoms with Gasteiger partial charge in [-0.05, 0) is 31.9 Å². The minimum absolute atomic E-state index is 0.0927. The molecule has 1 aromatic rings. The van der Waals surface area contributed by atoms with E-state index in [-0.39, 0.29) is 11.9 Å². The predicted molar refractivity (Wildman–Crippen MR) is 71.6 cm³/mol. The fourth-order valence-corrected chi connectivity index (χ4v) is 2.07. The molecule has 0 aliphatic rings. The van der Waals surface area contributed by atoms with E-state index >= 15 is 0 Å². The van der Waals surface area contributed by atoms with E-state index < -0.39 is 0 Å².